The molecule has 1 amide bonds. The molecular weight excluding hydrogens is 244 g/mol. The van der Waals surface area contributed by atoms with Crippen molar-refractivity contribution in [2.75, 3.05) is 13.1 Å². The van der Waals surface area contributed by atoms with Crippen molar-refractivity contribution in [2.24, 2.45) is 23.5 Å². The van der Waals surface area contributed by atoms with Gasteiger partial charge in [0, 0.05) is 18.9 Å². The van der Waals surface area contributed by atoms with E-state index < -0.39 is 5.97 Å². The van der Waals surface area contributed by atoms with E-state index >= 15 is 0 Å². The molecule has 0 heterocycles. The fraction of sp³-hybridized carbons (Fsp3) is 0.857. The van der Waals surface area contributed by atoms with Crippen LogP contribution in [0.1, 0.15) is 46.5 Å². The average Bonchev–Trinajstić information content (AvgIpc) is 2.31. The molecule has 112 valence electrons. The lowest BCUT2D eigenvalue weighted by Gasteiger charge is -2.19. The van der Waals surface area contributed by atoms with Crippen LogP contribution in [0.4, 0.5) is 0 Å². The monoisotopic (exact) mass is 272 g/mol. The van der Waals surface area contributed by atoms with Crippen LogP contribution in [-0.2, 0) is 9.59 Å². The van der Waals surface area contributed by atoms with E-state index in [-0.39, 0.29) is 24.2 Å². The van der Waals surface area contributed by atoms with Gasteiger partial charge in [0.1, 0.15) is 0 Å². The molecule has 4 N–H and O–H groups in total. The summed E-state index contributed by atoms with van der Waals surface area (Å²) in [5, 5.41) is 11.7. The molecule has 0 radical (unpaired) electrons. The lowest BCUT2D eigenvalue weighted by atomic mass is 9.94. The topological polar surface area (TPSA) is 92.4 Å². The van der Waals surface area contributed by atoms with Gasteiger partial charge in [-0.1, -0.05) is 20.8 Å². The van der Waals surface area contributed by atoms with Gasteiger partial charge in [0.15, 0.2) is 0 Å². The number of nitrogens with one attached hydrogen (secondary N) is 1. The highest BCUT2D eigenvalue weighted by molar-refractivity contribution is 5.78. The number of hydrogen-bond acceptors (Lipinski definition) is 3. The van der Waals surface area contributed by atoms with Gasteiger partial charge in [-0.05, 0) is 37.6 Å². The SMILES string of the molecule is CC(C)CC(CNC(=O)C(C)CCCN)CC(=O)O. The molecule has 5 heteroatoms. The summed E-state index contributed by atoms with van der Waals surface area (Å²) in [5.41, 5.74) is 5.41. The molecule has 2 unspecified atom stereocenters. The molecule has 0 aliphatic rings. The van der Waals surface area contributed by atoms with Crippen LogP contribution in [0.5, 0.6) is 0 Å². The zero-order valence-corrected chi connectivity index (χ0v) is 12.3. The van der Waals surface area contributed by atoms with Crippen LogP contribution in [0.2, 0.25) is 0 Å². The first-order valence-corrected chi connectivity index (χ1v) is 7.06. The molecule has 0 fully saturated rings. The van der Waals surface area contributed by atoms with E-state index in [0.29, 0.717) is 19.0 Å². The zero-order valence-electron chi connectivity index (χ0n) is 12.3. The second-order valence-corrected chi connectivity index (χ2v) is 5.67. The van der Waals surface area contributed by atoms with Crippen LogP contribution in [0.15, 0.2) is 0 Å². The van der Waals surface area contributed by atoms with E-state index in [1.165, 1.54) is 0 Å². The standard InChI is InChI=1S/C14H28N2O3/c1-10(2)7-12(8-13(17)18)9-16-14(19)11(3)5-4-6-15/h10-12H,4-9,15H2,1-3H3,(H,16,19)(H,17,18). The van der Waals surface area contributed by atoms with Gasteiger partial charge in [-0.2, -0.15) is 0 Å². The number of aliphatic carboxylic acids is 1. The third-order valence-corrected chi connectivity index (χ3v) is 3.12. The van der Waals surface area contributed by atoms with Crippen LogP contribution >= 0.6 is 0 Å². The molecule has 5 nitrogen and oxygen atoms in total. The Kier molecular flexibility index (Phi) is 9.21. The van der Waals surface area contributed by atoms with Gasteiger partial charge in [0.25, 0.3) is 0 Å². The van der Waals surface area contributed by atoms with Crippen molar-refractivity contribution in [1.82, 2.24) is 5.32 Å². The maximum atomic E-state index is 11.8. The zero-order chi connectivity index (χ0) is 14.8. The molecule has 0 aliphatic carbocycles. The van der Waals surface area contributed by atoms with Crippen molar-refractivity contribution in [3.05, 3.63) is 0 Å². The quantitative estimate of drug-likeness (QED) is 0.563. The molecule has 0 saturated carbocycles. The number of rotatable bonds is 10. The van der Waals surface area contributed by atoms with Gasteiger partial charge in [0.05, 0.1) is 0 Å². The van der Waals surface area contributed by atoms with E-state index in [1.807, 2.05) is 6.92 Å². The van der Waals surface area contributed by atoms with Gasteiger partial charge in [-0.3, -0.25) is 9.59 Å². The Balaban J connectivity index is 4.14. The van der Waals surface area contributed by atoms with Gasteiger partial charge >= 0.3 is 5.97 Å². The van der Waals surface area contributed by atoms with Crippen molar-refractivity contribution in [3.8, 4) is 0 Å². The third-order valence-electron chi connectivity index (χ3n) is 3.12. The van der Waals surface area contributed by atoms with E-state index in [0.717, 1.165) is 19.3 Å². The highest BCUT2D eigenvalue weighted by Crippen LogP contribution is 2.15. The number of carbonyl (C=O) groups is 2. The number of hydrogen-bond donors (Lipinski definition) is 3. The Morgan fingerprint density at radius 2 is 1.89 bits per heavy atom. The van der Waals surface area contributed by atoms with Crippen molar-refractivity contribution >= 4 is 11.9 Å². The molecule has 0 saturated heterocycles. The second-order valence-electron chi connectivity index (χ2n) is 5.67. The number of carbonyl (C=O) groups excluding carboxylic acids is 1. The minimum atomic E-state index is -0.809. The van der Waals surface area contributed by atoms with E-state index in [2.05, 4.69) is 19.2 Å². The number of amides is 1. The highest BCUT2D eigenvalue weighted by atomic mass is 16.4. The highest BCUT2D eigenvalue weighted by Gasteiger charge is 2.18. The fourth-order valence-corrected chi connectivity index (χ4v) is 2.13. The van der Waals surface area contributed by atoms with Crippen LogP contribution in [-0.4, -0.2) is 30.1 Å². The summed E-state index contributed by atoms with van der Waals surface area (Å²) < 4.78 is 0. The van der Waals surface area contributed by atoms with Gasteiger partial charge in [-0.25, -0.2) is 0 Å². The van der Waals surface area contributed by atoms with Crippen LogP contribution in [0.25, 0.3) is 0 Å². The largest absolute Gasteiger partial charge is 0.481 e. The number of carboxylic acids is 1. The first-order chi connectivity index (χ1) is 8.86. The smallest absolute Gasteiger partial charge is 0.303 e. The third kappa shape index (κ3) is 9.47. The Labute approximate surface area is 115 Å². The summed E-state index contributed by atoms with van der Waals surface area (Å²) in [6, 6.07) is 0. The Morgan fingerprint density at radius 1 is 1.26 bits per heavy atom. The summed E-state index contributed by atoms with van der Waals surface area (Å²) in [6.45, 7) is 7.02. The Bertz CT molecular complexity index is 280. The summed E-state index contributed by atoms with van der Waals surface area (Å²) in [7, 11) is 0. The Morgan fingerprint density at radius 3 is 2.37 bits per heavy atom. The van der Waals surface area contributed by atoms with Crippen molar-refractivity contribution in [1.29, 1.82) is 0 Å². The van der Waals surface area contributed by atoms with Gasteiger partial charge in [-0.15, -0.1) is 0 Å². The molecule has 0 aromatic rings. The van der Waals surface area contributed by atoms with Crippen molar-refractivity contribution in [3.63, 3.8) is 0 Å². The normalized spacial score (nSPS) is 14.2. The lowest BCUT2D eigenvalue weighted by molar-refractivity contribution is -0.138. The predicted octanol–water partition coefficient (Wildman–Crippen LogP) is 1.61. The van der Waals surface area contributed by atoms with Crippen molar-refractivity contribution in [2.45, 2.75) is 46.5 Å². The maximum absolute atomic E-state index is 11.8. The maximum Gasteiger partial charge on any atom is 0.303 e. The van der Waals surface area contributed by atoms with E-state index in [4.69, 9.17) is 10.8 Å². The molecule has 0 spiro atoms. The summed E-state index contributed by atoms with van der Waals surface area (Å²) >= 11 is 0. The predicted molar refractivity (Wildman–Crippen MR) is 75.7 cm³/mol. The second kappa shape index (κ2) is 9.78. The molecule has 0 aromatic heterocycles. The minimum absolute atomic E-state index is 0.00292. The van der Waals surface area contributed by atoms with Gasteiger partial charge in [0.2, 0.25) is 5.91 Å². The molecule has 0 aliphatic heterocycles. The van der Waals surface area contributed by atoms with Crippen molar-refractivity contribution < 1.29 is 14.7 Å². The first-order valence-electron chi connectivity index (χ1n) is 7.06. The molecular formula is C14H28N2O3. The average molecular weight is 272 g/mol. The lowest BCUT2D eigenvalue weighted by Crippen LogP contribution is -2.34. The summed E-state index contributed by atoms with van der Waals surface area (Å²) in [5.74, 6) is -0.448. The van der Waals surface area contributed by atoms with E-state index in [1.54, 1.807) is 0 Å². The number of nitrogens with two attached hydrogens (primary N) is 1. The number of carboxylic acid groups (broad SMARTS) is 1. The molecule has 19 heavy (non-hydrogen) atoms. The van der Waals surface area contributed by atoms with Crippen LogP contribution in [0, 0.1) is 17.8 Å². The van der Waals surface area contributed by atoms with E-state index in [9.17, 15) is 9.59 Å². The van der Waals surface area contributed by atoms with Gasteiger partial charge < -0.3 is 16.2 Å². The fourth-order valence-electron chi connectivity index (χ4n) is 2.13. The molecule has 0 rings (SSSR count). The molecule has 0 aromatic carbocycles. The summed E-state index contributed by atoms with van der Waals surface area (Å²) in [6.07, 6.45) is 2.52. The first kappa shape index (κ1) is 17.9. The summed E-state index contributed by atoms with van der Waals surface area (Å²) in [4.78, 5) is 22.6. The van der Waals surface area contributed by atoms with Crippen LogP contribution in [0.3, 0.4) is 0 Å². The molecule has 2 atom stereocenters. The van der Waals surface area contributed by atoms with Crippen LogP contribution < -0.4 is 11.1 Å². The molecule has 0 bridgehead atoms. The minimum Gasteiger partial charge on any atom is -0.481 e. The Hall–Kier alpha value is -1.10.